The highest BCUT2D eigenvalue weighted by Crippen LogP contribution is 2.19. The molecule has 0 bridgehead atoms. The summed E-state index contributed by atoms with van der Waals surface area (Å²) in [4.78, 5) is 3.93. The molecule has 0 amide bonds. The van der Waals surface area contributed by atoms with E-state index in [1.165, 1.54) is 12.3 Å². The second-order valence-corrected chi connectivity index (χ2v) is 3.12. The molecule has 1 aliphatic heterocycles. The number of pyridine rings is 1. The van der Waals surface area contributed by atoms with Crippen molar-refractivity contribution in [1.82, 2.24) is 10.3 Å². The number of halogens is 1. The Morgan fingerprint density at radius 3 is 2.67 bits per heavy atom. The normalized spacial score (nSPS) is 20.2. The van der Waals surface area contributed by atoms with Gasteiger partial charge in [0.25, 0.3) is 0 Å². The Bertz CT molecular complexity index is 279. The van der Waals surface area contributed by atoms with Gasteiger partial charge in [-0.05, 0) is 12.1 Å². The molecule has 0 aliphatic carbocycles. The van der Waals surface area contributed by atoms with Gasteiger partial charge in [-0.15, -0.1) is 0 Å². The summed E-state index contributed by atoms with van der Waals surface area (Å²) >= 11 is 0. The maximum absolute atomic E-state index is 12.5. The molecular weight excluding hydrogens is 157 g/mol. The fraction of sp³-hybridized carbons (Fsp3) is 0.375. The Kier molecular flexibility index (Phi) is 1.59. The van der Waals surface area contributed by atoms with Crippen LogP contribution in [0.3, 0.4) is 0 Å². The molecule has 0 saturated carbocycles. The van der Waals surface area contributed by atoms with Gasteiger partial charge in [0.05, 0.1) is 17.4 Å². The van der Waals surface area contributed by atoms with Gasteiger partial charge in [-0.25, -0.2) is 4.39 Å². The van der Waals surface area contributed by atoms with Gasteiger partial charge in [0.2, 0.25) is 0 Å². The molecule has 0 unspecified atom stereocenters. The molecule has 0 aromatic carbocycles. The number of rotatable bonds is 1. The summed E-state index contributed by atoms with van der Waals surface area (Å²) in [6, 6.07) is 3.02. The average Bonchev–Trinajstić information content (AvgIpc) is 2.02. The lowest BCUT2D eigenvalue weighted by Crippen LogP contribution is -2.63. The molecule has 0 radical (unpaired) electrons. The summed E-state index contributed by atoms with van der Waals surface area (Å²) in [7, 11) is 0. The first kappa shape index (κ1) is 7.64. The van der Waals surface area contributed by atoms with E-state index >= 15 is 0 Å². The van der Waals surface area contributed by atoms with Gasteiger partial charge in [-0.1, -0.05) is 0 Å². The molecule has 1 fully saturated rings. The van der Waals surface area contributed by atoms with Crippen LogP contribution in [0, 0.1) is 5.82 Å². The standard InChI is InChI=1S/C8H10FN3/c9-6-1-2-7(12-3-6)8(10)4-11-5-8/h1-3,11H,4-5,10H2. The first-order chi connectivity index (χ1) is 5.71. The zero-order valence-corrected chi connectivity index (χ0v) is 6.55. The lowest BCUT2D eigenvalue weighted by molar-refractivity contribution is 0.279. The molecule has 3 nitrogen and oxygen atoms in total. The Morgan fingerprint density at radius 1 is 1.50 bits per heavy atom. The third-order valence-electron chi connectivity index (χ3n) is 2.12. The van der Waals surface area contributed by atoms with Crippen LogP contribution in [0.2, 0.25) is 0 Å². The van der Waals surface area contributed by atoms with Crippen LogP contribution < -0.4 is 11.1 Å². The molecule has 2 rings (SSSR count). The van der Waals surface area contributed by atoms with Crippen LogP contribution >= 0.6 is 0 Å². The predicted octanol–water partition coefficient (Wildman–Crippen LogP) is -0.0221. The molecule has 1 aliphatic rings. The number of nitrogens with two attached hydrogens (primary N) is 1. The van der Waals surface area contributed by atoms with Crippen LogP contribution in [0.4, 0.5) is 4.39 Å². The minimum Gasteiger partial charge on any atom is -0.318 e. The second kappa shape index (κ2) is 2.50. The van der Waals surface area contributed by atoms with Crippen molar-refractivity contribution in [2.75, 3.05) is 13.1 Å². The van der Waals surface area contributed by atoms with Crippen LogP contribution in [0.5, 0.6) is 0 Å². The predicted molar refractivity (Wildman–Crippen MR) is 42.9 cm³/mol. The molecule has 64 valence electrons. The van der Waals surface area contributed by atoms with E-state index in [1.54, 1.807) is 6.07 Å². The number of nitrogens with one attached hydrogen (secondary N) is 1. The Morgan fingerprint density at radius 2 is 2.25 bits per heavy atom. The highest BCUT2D eigenvalue weighted by atomic mass is 19.1. The summed E-state index contributed by atoms with van der Waals surface area (Å²) < 4.78 is 12.5. The third-order valence-corrected chi connectivity index (χ3v) is 2.12. The average molecular weight is 167 g/mol. The fourth-order valence-electron chi connectivity index (χ4n) is 1.25. The lowest BCUT2D eigenvalue weighted by atomic mass is 9.89. The monoisotopic (exact) mass is 167 g/mol. The van der Waals surface area contributed by atoms with Gasteiger partial charge in [-0.3, -0.25) is 4.98 Å². The molecule has 3 N–H and O–H groups in total. The van der Waals surface area contributed by atoms with Crippen molar-refractivity contribution in [3.63, 3.8) is 0 Å². The van der Waals surface area contributed by atoms with E-state index in [2.05, 4.69) is 10.3 Å². The quantitative estimate of drug-likeness (QED) is 0.618. The van der Waals surface area contributed by atoms with Crippen LogP contribution in [-0.2, 0) is 5.54 Å². The van der Waals surface area contributed by atoms with Gasteiger partial charge < -0.3 is 11.1 Å². The zero-order chi connectivity index (χ0) is 8.60. The van der Waals surface area contributed by atoms with Crippen molar-refractivity contribution in [3.05, 3.63) is 29.8 Å². The minimum atomic E-state index is -0.381. The second-order valence-electron chi connectivity index (χ2n) is 3.12. The van der Waals surface area contributed by atoms with Crippen LogP contribution in [0.1, 0.15) is 5.69 Å². The first-order valence-electron chi connectivity index (χ1n) is 3.82. The van der Waals surface area contributed by atoms with E-state index in [4.69, 9.17) is 5.73 Å². The third kappa shape index (κ3) is 1.09. The number of hydrogen-bond donors (Lipinski definition) is 2. The van der Waals surface area contributed by atoms with E-state index in [0.717, 1.165) is 5.69 Å². The summed E-state index contributed by atoms with van der Waals surface area (Å²) in [5, 5.41) is 3.06. The Hall–Kier alpha value is -1.00. The summed E-state index contributed by atoms with van der Waals surface area (Å²) in [6.45, 7) is 1.43. The van der Waals surface area contributed by atoms with Gasteiger partial charge in [0, 0.05) is 13.1 Å². The van der Waals surface area contributed by atoms with Gasteiger partial charge in [0.1, 0.15) is 5.82 Å². The number of nitrogens with zero attached hydrogens (tertiary/aromatic N) is 1. The molecule has 12 heavy (non-hydrogen) atoms. The lowest BCUT2D eigenvalue weighted by Gasteiger charge is -2.38. The Labute approximate surface area is 69.8 Å². The van der Waals surface area contributed by atoms with Crippen LogP contribution in [0.25, 0.3) is 0 Å². The van der Waals surface area contributed by atoms with Gasteiger partial charge >= 0.3 is 0 Å². The van der Waals surface area contributed by atoms with E-state index in [0.29, 0.717) is 13.1 Å². The molecule has 1 saturated heterocycles. The van der Waals surface area contributed by atoms with Crippen LogP contribution in [0.15, 0.2) is 18.3 Å². The maximum atomic E-state index is 12.5. The largest absolute Gasteiger partial charge is 0.318 e. The molecule has 1 aromatic rings. The molecule has 2 heterocycles. The van der Waals surface area contributed by atoms with Crippen molar-refractivity contribution in [1.29, 1.82) is 0 Å². The molecule has 0 spiro atoms. The van der Waals surface area contributed by atoms with Gasteiger partial charge in [0.15, 0.2) is 0 Å². The summed E-state index contributed by atoms with van der Waals surface area (Å²) in [6.07, 6.45) is 1.20. The highest BCUT2D eigenvalue weighted by Gasteiger charge is 2.35. The minimum absolute atomic E-state index is 0.324. The Balaban J connectivity index is 2.28. The summed E-state index contributed by atoms with van der Waals surface area (Å²) in [5.74, 6) is -0.324. The number of hydrogen-bond acceptors (Lipinski definition) is 3. The number of aromatic nitrogens is 1. The molecular formula is C8H10FN3. The van der Waals surface area contributed by atoms with Crippen molar-refractivity contribution >= 4 is 0 Å². The summed E-state index contributed by atoms with van der Waals surface area (Å²) in [5.41, 5.74) is 6.30. The van der Waals surface area contributed by atoms with Crippen molar-refractivity contribution < 1.29 is 4.39 Å². The van der Waals surface area contributed by atoms with Crippen molar-refractivity contribution in [2.45, 2.75) is 5.54 Å². The molecule has 0 atom stereocenters. The zero-order valence-electron chi connectivity index (χ0n) is 6.55. The smallest absolute Gasteiger partial charge is 0.141 e. The fourth-order valence-corrected chi connectivity index (χ4v) is 1.25. The highest BCUT2D eigenvalue weighted by molar-refractivity contribution is 5.20. The van der Waals surface area contributed by atoms with Crippen LogP contribution in [-0.4, -0.2) is 18.1 Å². The van der Waals surface area contributed by atoms with E-state index in [1.807, 2.05) is 0 Å². The topological polar surface area (TPSA) is 50.9 Å². The van der Waals surface area contributed by atoms with E-state index in [9.17, 15) is 4.39 Å². The SMILES string of the molecule is NC1(c2ccc(F)cn2)CNC1. The van der Waals surface area contributed by atoms with Crippen molar-refractivity contribution in [3.8, 4) is 0 Å². The molecule has 1 aromatic heterocycles. The van der Waals surface area contributed by atoms with Crippen molar-refractivity contribution in [2.24, 2.45) is 5.73 Å². The maximum Gasteiger partial charge on any atom is 0.141 e. The van der Waals surface area contributed by atoms with E-state index < -0.39 is 0 Å². The first-order valence-corrected chi connectivity index (χ1v) is 3.82. The van der Waals surface area contributed by atoms with E-state index in [-0.39, 0.29) is 11.4 Å². The van der Waals surface area contributed by atoms with Gasteiger partial charge in [-0.2, -0.15) is 0 Å². The molecule has 4 heteroatoms.